The van der Waals surface area contributed by atoms with Crippen molar-refractivity contribution in [3.8, 4) is 5.75 Å². The Kier molecular flexibility index (Phi) is 10.8. The van der Waals surface area contributed by atoms with Crippen LogP contribution < -0.4 is 16.4 Å². The van der Waals surface area contributed by atoms with E-state index < -0.39 is 54.0 Å². The molecule has 1 fully saturated rings. The Morgan fingerprint density at radius 1 is 1.17 bits per heavy atom. The van der Waals surface area contributed by atoms with Crippen LogP contribution in [0.25, 0.3) is 0 Å². The lowest BCUT2D eigenvalue weighted by Gasteiger charge is -2.29. The van der Waals surface area contributed by atoms with Crippen molar-refractivity contribution in [3.63, 3.8) is 0 Å². The zero-order valence-corrected chi connectivity index (χ0v) is 20.7. The number of phenolic OH excluding ortho intramolecular Hbond substituents is 1. The number of rotatable bonds is 12. The quantitative estimate of drug-likeness (QED) is 0.215. The number of nitrogens with two attached hydrogens (primary N) is 1. The smallest absolute Gasteiger partial charge is 0.326 e. The van der Waals surface area contributed by atoms with E-state index in [-0.39, 0.29) is 18.6 Å². The highest BCUT2D eigenvalue weighted by Crippen LogP contribution is 2.19. The van der Waals surface area contributed by atoms with Crippen LogP contribution in [0.3, 0.4) is 0 Å². The minimum atomic E-state index is -1.24. The molecule has 35 heavy (non-hydrogen) atoms. The van der Waals surface area contributed by atoms with Crippen molar-refractivity contribution in [1.29, 1.82) is 0 Å². The average Bonchev–Trinajstić information content (AvgIpc) is 3.31. The van der Waals surface area contributed by atoms with E-state index in [1.807, 2.05) is 6.26 Å². The van der Waals surface area contributed by atoms with Crippen LogP contribution in [-0.2, 0) is 25.6 Å². The third-order valence-corrected chi connectivity index (χ3v) is 6.52. The molecule has 1 aromatic carbocycles. The average molecular weight is 511 g/mol. The molecule has 3 amide bonds. The zero-order valence-electron chi connectivity index (χ0n) is 19.8. The summed E-state index contributed by atoms with van der Waals surface area (Å²) in [6.07, 6.45) is 1.99. The maximum Gasteiger partial charge on any atom is 0.326 e. The fraction of sp³-hybridized carbons (Fsp3) is 0.565. The van der Waals surface area contributed by atoms with E-state index in [9.17, 15) is 34.5 Å². The van der Waals surface area contributed by atoms with E-state index in [4.69, 9.17) is 5.73 Å². The van der Waals surface area contributed by atoms with Gasteiger partial charge in [-0.1, -0.05) is 12.1 Å². The Morgan fingerprint density at radius 2 is 1.83 bits per heavy atom. The number of benzene rings is 1. The van der Waals surface area contributed by atoms with E-state index in [2.05, 4.69) is 10.6 Å². The number of likely N-dealkylation sites (tertiary alicyclic amines) is 1. The molecule has 0 bridgehead atoms. The highest BCUT2D eigenvalue weighted by atomic mass is 32.2. The van der Waals surface area contributed by atoms with Crippen LogP contribution in [0.15, 0.2) is 24.3 Å². The maximum atomic E-state index is 13.0. The number of nitrogens with zero attached hydrogens (tertiary/aromatic N) is 1. The molecular formula is C23H34N4O7S. The van der Waals surface area contributed by atoms with Gasteiger partial charge in [0.05, 0.1) is 6.10 Å². The minimum absolute atomic E-state index is 0.00726. The molecule has 5 atom stereocenters. The molecular weight excluding hydrogens is 476 g/mol. The molecule has 0 saturated carbocycles. The molecule has 1 saturated heterocycles. The summed E-state index contributed by atoms with van der Waals surface area (Å²) < 4.78 is 0. The first-order chi connectivity index (χ1) is 16.5. The molecule has 2 rings (SSSR count). The molecule has 0 aliphatic carbocycles. The fourth-order valence-corrected chi connectivity index (χ4v) is 4.28. The molecule has 194 valence electrons. The van der Waals surface area contributed by atoms with Crippen molar-refractivity contribution in [2.45, 2.75) is 62.9 Å². The number of aliphatic carboxylic acids is 1. The number of phenols is 1. The van der Waals surface area contributed by atoms with Crippen molar-refractivity contribution >= 4 is 35.5 Å². The van der Waals surface area contributed by atoms with Crippen LogP contribution in [0, 0.1) is 0 Å². The largest absolute Gasteiger partial charge is 0.508 e. The highest BCUT2D eigenvalue weighted by Gasteiger charge is 2.38. The molecule has 0 aromatic heterocycles. The Morgan fingerprint density at radius 3 is 2.40 bits per heavy atom. The summed E-state index contributed by atoms with van der Waals surface area (Å²) in [4.78, 5) is 51.7. The molecule has 1 heterocycles. The summed E-state index contributed by atoms with van der Waals surface area (Å²) in [5, 5.41) is 33.8. The zero-order chi connectivity index (χ0) is 26.1. The number of aromatic hydroxyl groups is 1. The molecule has 0 spiro atoms. The molecule has 7 N–H and O–H groups in total. The first-order valence-electron chi connectivity index (χ1n) is 11.4. The van der Waals surface area contributed by atoms with Crippen molar-refractivity contribution < 1.29 is 34.5 Å². The summed E-state index contributed by atoms with van der Waals surface area (Å²) in [5.74, 6) is -2.37. The number of carbonyl (C=O) groups excluding carboxylic acids is 3. The van der Waals surface area contributed by atoms with E-state index in [1.165, 1.54) is 35.7 Å². The predicted octanol–water partition coefficient (Wildman–Crippen LogP) is -0.559. The van der Waals surface area contributed by atoms with Crippen LogP contribution in [0.2, 0.25) is 0 Å². The lowest BCUT2D eigenvalue weighted by atomic mass is 10.0. The van der Waals surface area contributed by atoms with Gasteiger partial charge in [-0.2, -0.15) is 11.8 Å². The SMILES string of the molecule is CSCCC(NC(=O)C1CCCN1C(=O)C(N)C(C)O)C(=O)NC(Cc1ccc(O)cc1)C(=O)O. The second kappa shape index (κ2) is 13.3. The van der Waals surface area contributed by atoms with Crippen LogP contribution in [-0.4, -0.2) is 92.7 Å². The Bertz CT molecular complexity index is 896. The number of hydrogen-bond donors (Lipinski definition) is 6. The lowest BCUT2D eigenvalue weighted by Crippen LogP contribution is -2.57. The van der Waals surface area contributed by atoms with E-state index >= 15 is 0 Å². The second-order valence-electron chi connectivity index (χ2n) is 8.57. The van der Waals surface area contributed by atoms with Gasteiger partial charge in [0.2, 0.25) is 17.7 Å². The van der Waals surface area contributed by atoms with Crippen LogP contribution in [0.1, 0.15) is 31.7 Å². The van der Waals surface area contributed by atoms with Crippen LogP contribution in [0.5, 0.6) is 5.75 Å². The van der Waals surface area contributed by atoms with Crippen molar-refractivity contribution in [1.82, 2.24) is 15.5 Å². The van der Waals surface area contributed by atoms with Gasteiger partial charge in [0.1, 0.15) is 29.9 Å². The number of aliphatic hydroxyl groups is 1. The molecule has 5 unspecified atom stereocenters. The maximum absolute atomic E-state index is 13.0. The fourth-order valence-electron chi connectivity index (χ4n) is 3.81. The highest BCUT2D eigenvalue weighted by molar-refractivity contribution is 7.98. The van der Waals surface area contributed by atoms with Gasteiger partial charge >= 0.3 is 5.97 Å². The normalized spacial score (nSPS) is 18.9. The Hall–Kier alpha value is -2.83. The number of aliphatic hydroxyl groups excluding tert-OH is 1. The third-order valence-electron chi connectivity index (χ3n) is 5.88. The topological polar surface area (TPSA) is 182 Å². The second-order valence-corrected chi connectivity index (χ2v) is 9.55. The van der Waals surface area contributed by atoms with Gasteiger partial charge in [-0.3, -0.25) is 14.4 Å². The Balaban J connectivity index is 2.10. The summed E-state index contributed by atoms with van der Waals surface area (Å²) in [6.45, 7) is 1.71. The van der Waals surface area contributed by atoms with Crippen LogP contribution in [0.4, 0.5) is 0 Å². The molecule has 12 heteroatoms. The van der Waals surface area contributed by atoms with E-state index in [1.54, 1.807) is 12.1 Å². The number of carbonyl (C=O) groups is 4. The lowest BCUT2D eigenvalue weighted by molar-refractivity contribution is -0.143. The van der Waals surface area contributed by atoms with Crippen molar-refractivity contribution in [2.24, 2.45) is 5.73 Å². The number of carboxylic acid groups (broad SMARTS) is 1. The van der Waals surface area contributed by atoms with Crippen LogP contribution >= 0.6 is 11.8 Å². The molecule has 11 nitrogen and oxygen atoms in total. The van der Waals surface area contributed by atoms with E-state index in [0.29, 0.717) is 30.7 Å². The number of amides is 3. The molecule has 1 aromatic rings. The standard InChI is InChI=1S/C23H34N4O7S/c1-13(28)19(24)22(32)27-10-3-4-18(27)21(31)25-16(9-11-35-2)20(30)26-17(23(33)34)12-14-5-7-15(29)8-6-14/h5-8,13,16-19,28-29H,3-4,9-12,24H2,1-2H3,(H,25,31)(H,26,30)(H,33,34). The van der Waals surface area contributed by atoms with Gasteiger partial charge in [0, 0.05) is 13.0 Å². The third kappa shape index (κ3) is 8.11. The van der Waals surface area contributed by atoms with E-state index in [0.717, 1.165) is 0 Å². The summed E-state index contributed by atoms with van der Waals surface area (Å²) >= 11 is 1.47. The van der Waals surface area contributed by atoms with Gasteiger partial charge in [-0.25, -0.2) is 4.79 Å². The monoisotopic (exact) mass is 510 g/mol. The summed E-state index contributed by atoms with van der Waals surface area (Å²) in [7, 11) is 0. The number of thioether (sulfide) groups is 1. The number of nitrogens with one attached hydrogen (secondary N) is 2. The van der Waals surface area contributed by atoms with Gasteiger partial charge in [0.15, 0.2) is 0 Å². The minimum Gasteiger partial charge on any atom is -0.508 e. The number of carboxylic acids is 1. The molecule has 1 aliphatic rings. The number of hydrogen-bond acceptors (Lipinski definition) is 8. The van der Waals surface area contributed by atoms with Gasteiger partial charge in [-0.05, 0) is 55.9 Å². The van der Waals surface area contributed by atoms with Gasteiger partial charge in [0.25, 0.3) is 0 Å². The summed E-state index contributed by atoms with van der Waals surface area (Å²) in [6, 6.07) is 1.75. The molecule has 1 aliphatic heterocycles. The Labute approximate surface area is 208 Å². The first kappa shape index (κ1) is 28.4. The first-order valence-corrected chi connectivity index (χ1v) is 12.8. The summed E-state index contributed by atoms with van der Waals surface area (Å²) in [5.41, 5.74) is 6.37. The molecule has 0 radical (unpaired) electrons. The van der Waals surface area contributed by atoms with Gasteiger partial charge in [-0.15, -0.1) is 0 Å². The predicted molar refractivity (Wildman–Crippen MR) is 131 cm³/mol. The van der Waals surface area contributed by atoms with Gasteiger partial charge < -0.3 is 36.6 Å². The van der Waals surface area contributed by atoms with Crippen molar-refractivity contribution in [2.75, 3.05) is 18.6 Å². The van der Waals surface area contributed by atoms with Crippen molar-refractivity contribution in [3.05, 3.63) is 29.8 Å².